The van der Waals surface area contributed by atoms with Crippen LogP contribution in [0.2, 0.25) is 0 Å². The summed E-state index contributed by atoms with van der Waals surface area (Å²) in [5, 5.41) is 16.5. The van der Waals surface area contributed by atoms with Gasteiger partial charge in [0.25, 0.3) is 0 Å². The van der Waals surface area contributed by atoms with Gasteiger partial charge in [0.1, 0.15) is 17.7 Å². The Morgan fingerprint density at radius 2 is 1.95 bits per heavy atom. The number of aryl methyl sites for hydroxylation is 1. The van der Waals surface area contributed by atoms with Gasteiger partial charge >= 0.3 is 6.03 Å². The summed E-state index contributed by atoms with van der Waals surface area (Å²) in [6.07, 6.45) is 4.27. The molecule has 1 aromatic carbocycles. The van der Waals surface area contributed by atoms with Gasteiger partial charge in [-0.15, -0.1) is 11.3 Å². The predicted octanol–water partition coefficient (Wildman–Crippen LogP) is 2.35. The number of aromatic nitrogens is 3. The molecule has 2 fully saturated rings. The van der Waals surface area contributed by atoms with E-state index < -0.39 is 21.6 Å². The van der Waals surface area contributed by atoms with Gasteiger partial charge in [0.15, 0.2) is 10.2 Å². The molecule has 2 aliphatic rings. The number of nitrogens with one attached hydrogen (secondary N) is 3. The third kappa shape index (κ3) is 6.06. The highest BCUT2D eigenvalue weighted by Crippen LogP contribution is 2.53. The van der Waals surface area contributed by atoms with Crippen molar-refractivity contribution < 1.29 is 19.1 Å². The van der Waals surface area contributed by atoms with E-state index in [4.69, 9.17) is 20.1 Å². The number of allylic oxidation sites excluding steroid dienone is 1. The molecule has 1 aliphatic carbocycles. The van der Waals surface area contributed by atoms with Gasteiger partial charge in [-0.05, 0) is 44.0 Å². The molecular weight excluding hydrogens is 536 g/mol. The van der Waals surface area contributed by atoms with Gasteiger partial charge in [-0.3, -0.25) is 4.21 Å². The second kappa shape index (κ2) is 11.7. The lowest BCUT2D eigenvalue weighted by Crippen LogP contribution is -2.73. The summed E-state index contributed by atoms with van der Waals surface area (Å²) in [6, 6.07) is 8.80. The first kappa shape index (κ1) is 27.1. The predicted molar refractivity (Wildman–Crippen MR) is 152 cm³/mol. The third-order valence-corrected chi connectivity index (χ3v) is 9.72. The quantitative estimate of drug-likeness (QED) is 0.290. The summed E-state index contributed by atoms with van der Waals surface area (Å²) < 4.78 is 19.3. The first-order chi connectivity index (χ1) is 18.9. The lowest BCUT2D eigenvalue weighted by atomic mass is 10.1. The van der Waals surface area contributed by atoms with Crippen LogP contribution < -0.4 is 20.9 Å². The summed E-state index contributed by atoms with van der Waals surface area (Å²) in [7, 11) is 0.500. The average Bonchev–Trinajstić information content (AvgIpc) is 3.67. The second-order valence-corrected chi connectivity index (χ2v) is 12.1. The number of hydrogen-bond acceptors (Lipinski definition) is 9. The van der Waals surface area contributed by atoms with Crippen molar-refractivity contribution >= 4 is 45.9 Å². The topological polar surface area (TPSA) is 150 Å². The van der Waals surface area contributed by atoms with Crippen LogP contribution >= 0.6 is 11.3 Å². The number of amides is 2. The van der Waals surface area contributed by atoms with Crippen LogP contribution in [0.4, 0.5) is 16.3 Å². The normalized spacial score (nSPS) is 17.4. The number of benzene rings is 1. The standard InChI is InChI=1S/C26H30N8O3S2/c1-17-16-38-25(29-17)39(36)26(7-8-26)21-13-22(34-9-11-37-12-10-34)33-23(32-21)18-3-5-19(6-4-18)30-24(35)31-20(14-27)15-28-2/h3-6,13-16,27-28H,7-12H2,1-2H3,(H2,30,31,35)/p+1/b20-15+,27-14?. The summed E-state index contributed by atoms with van der Waals surface area (Å²) in [4.78, 5) is 28.8. The fourth-order valence-corrected chi connectivity index (χ4v) is 7.11. The molecule has 1 aliphatic heterocycles. The van der Waals surface area contributed by atoms with Crippen molar-refractivity contribution in [3.63, 3.8) is 0 Å². The van der Waals surface area contributed by atoms with E-state index in [0.717, 1.165) is 54.9 Å². The Kier molecular flexibility index (Phi) is 8.12. The Morgan fingerprint density at radius 3 is 2.56 bits per heavy atom. The molecule has 5 rings (SSSR count). The summed E-state index contributed by atoms with van der Waals surface area (Å²) >= 11 is 1.43. The number of morpholine rings is 1. The van der Waals surface area contributed by atoms with Crippen LogP contribution in [-0.2, 0) is 20.3 Å². The van der Waals surface area contributed by atoms with Crippen molar-refractivity contribution in [2.45, 2.75) is 28.9 Å². The summed E-state index contributed by atoms with van der Waals surface area (Å²) in [6.45, 7) is 4.59. The van der Waals surface area contributed by atoms with Gasteiger partial charge < -0.3 is 31.0 Å². The Morgan fingerprint density at radius 1 is 1.21 bits per heavy atom. The van der Waals surface area contributed by atoms with Crippen LogP contribution in [0.5, 0.6) is 0 Å². The molecule has 0 spiro atoms. The molecule has 2 amide bonds. The number of anilines is 2. The van der Waals surface area contributed by atoms with Crippen LogP contribution in [-0.4, -0.2) is 64.8 Å². The Hall–Kier alpha value is -3.52. The number of thiazole rings is 1. The van der Waals surface area contributed by atoms with Crippen LogP contribution in [0, 0.1) is 12.3 Å². The van der Waals surface area contributed by atoms with Crippen molar-refractivity contribution in [3.05, 3.63) is 59.0 Å². The van der Waals surface area contributed by atoms with Gasteiger partial charge in [-0.1, -0.05) is 0 Å². The van der Waals surface area contributed by atoms with Crippen molar-refractivity contribution in [2.75, 3.05) is 43.6 Å². The van der Waals surface area contributed by atoms with E-state index in [2.05, 4.69) is 20.5 Å². The largest absolute Gasteiger partial charge is 0.378 e. The molecule has 1 saturated carbocycles. The van der Waals surface area contributed by atoms with E-state index >= 15 is 0 Å². The third-order valence-electron chi connectivity index (χ3n) is 6.49. The number of rotatable bonds is 9. The van der Waals surface area contributed by atoms with Crippen LogP contribution in [0.15, 0.2) is 51.9 Å². The minimum Gasteiger partial charge on any atom is -0.378 e. The highest BCUT2D eigenvalue weighted by Gasteiger charge is 2.53. The molecule has 0 bridgehead atoms. The van der Waals surface area contributed by atoms with E-state index in [1.54, 1.807) is 23.6 Å². The number of carbonyl (C=O) groups is 1. The van der Waals surface area contributed by atoms with Gasteiger partial charge in [-0.25, -0.2) is 19.7 Å². The zero-order valence-corrected chi connectivity index (χ0v) is 23.4. The van der Waals surface area contributed by atoms with E-state index in [-0.39, 0.29) is 0 Å². The molecule has 0 radical (unpaired) electrons. The summed E-state index contributed by atoms with van der Waals surface area (Å²) in [5.74, 6) is 1.33. The molecule has 3 heterocycles. The highest BCUT2D eigenvalue weighted by molar-refractivity contribution is 7.88. The molecule has 13 heteroatoms. The molecule has 1 saturated heterocycles. The number of quaternary nitrogens is 1. The summed E-state index contributed by atoms with van der Waals surface area (Å²) in [5.41, 5.74) is 3.38. The molecule has 5 N–H and O–H groups in total. The van der Waals surface area contributed by atoms with Crippen LogP contribution in [0.1, 0.15) is 24.2 Å². The Balaban J connectivity index is 1.43. The van der Waals surface area contributed by atoms with Crippen molar-refractivity contribution in [2.24, 2.45) is 0 Å². The SMILES string of the molecule is C[NH2+]/C=C(\C=N)NC(=O)Nc1ccc(-c2nc(N3CCOCC3)cc(C3(S(=O)c4nc(C)cs4)CC3)n2)cc1. The number of ether oxygens (including phenoxy) is 1. The molecule has 3 aromatic rings. The number of carbonyl (C=O) groups excluding carboxylic acids is 1. The number of nitrogens with zero attached hydrogens (tertiary/aromatic N) is 4. The molecule has 1 atom stereocenters. The molecule has 1 unspecified atom stereocenters. The smallest absolute Gasteiger partial charge is 0.323 e. The van der Waals surface area contributed by atoms with E-state index in [1.807, 2.05) is 37.6 Å². The van der Waals surface area contributed by atoms with Gasteiger partial charge in [0.2, 0.25) is 0 Å². The van der Waals surface area contributed by atoms with Crippen LogP contribution in [0.3, 0.4) is 0 Å². The molecule has 11 nitrogen and oxygen atoms in total. The highest BCUT2D eigenvalue weighted by atomic mass is 32.2. The zero-order chi connectivity index (χ0) is 27.4. The number of hydrogen-bond donors (Lipinski definition) is 4. The first-order valence-electron chi connectivity index (χ1n) is 12.7. The maximum atomic E-state index is 13.7. The number of urea groups is 1. The minimum atomic E-state index is -1.31. The second-order valence-electron chi connectivity index (χ2n) is 9.31. The van der Waals surface area contributed by atoms with E-state index in [9.17, 15) is 9.00 Å². The molecule has 204 valence electrons. The lowest BCUT2D eigenvalue weighted by Gasteiger charge is -2.29. The monoisotopic (exact) mass is 567 g/mol. The molecule has 2 aromatic heterocycles. The fraction of sp³-hybridized carbons (Fsp3) is 0.346. The Labute approximate surface area is 233 Å². The fourth-order valence-electron chi connectivity index (χ4n) is 4.29. The van der Waals surface area contributed by atoms with Crippen molar-refractivity contribution in [1.82, 2.24) is 20.3 Å². The van der Waals surface area contributed by atoms with Gasteiger partial charge in [0, 0.05) is 47.7 Å². The minimum absolute atomic E-state index is 0.381. The maximum absolute atomic E-state index is 13.7. The molecular formula is C26H31N8O3S2+. The van der Waals surface area contributed by atoms with E-state index in [0.29, 0.717) is 34.8 Å². The van der Waals surface area contributed by atoms with E-state index in [1.165, 1.54) is 11.3 Å². The average molecular weight is 568 g/mol. The van der Waals surface area contributed by atoms with Crippen LogP contribution in [0.25, 0.3) is 11.4 Å². The first-order valence-corrected chi connectivity index (χ1v) is 14.7. The van der Waals surface area contributed by atoms with Gasteiger partial charge in [-0.2, -0.15) is 0 Å². The number of nitrogens with two attached hydrogens (primary N) is 1. The maximum Gasteiger partial charge on any atom is 0.323 e. The van der Waals surface area contributed by atoms with Gasteiger partial charge in [0.05, 0.1) is 41.5 Å². The van der Waals surface area contributed by atoms with Crippen molar-refractivity contribution in [1.29, 1.82) is 5.41 Å². The Bertz CT molecular complexity index is 1410. The lowest BCUT2D eigenvalue weighted by molar-refractivity contribution is -0.557. The molecule has 39 heavy (non-hydrogen) atoms. The van der Waals surface area contributed by atoms with Crippen molar-refractivity contribution in [3.8, 4) is 11.4 Å². The zero-order valence-electron chi connectivity index (χ0n) is 21.8.